The largest absolute Gasteiger partial charge is 0.398 e. The van der Waals surface area contributed by atoms with E-state index >= 15 is 0 Å². The molecule has 0 saturated carbocycles. The lowest BCUT2D eigenvalue weighted by molar-refractivity contribution is 0.112. The number of nitrogens with zero attached hydrogens (tertiary/aromatic N) is 1. The zero-order valence-corrected chi connectivity index (χ0v) is 8.05. The van der Waals surface area contributed by atoms with E-state index in [-0.39, 0.29) is 0 Å². The second-order valence-electron chi connectivity index (χ2n) is 3.17. The molecule has 1 heterocycles. The third-order valence-corrected chi connectivity index (χ3v) is 2.23. The molecule has 74 valence electrons. The van der Waals surface area contributed by atoms with Gasteiger partial charge >= 0.3 is 0 Å². The topological polar surface area (TPSA) is 56.0 Å². The summed E-state index contributed by atoms with van der Waals surface area (Å²) in [5.41, 5.74) is 8.52. The lowest BCUT2D eigenvalue weighted by Gasteiger charge is -2.06. The summed E-state index contributed by atoms with van der Waals surface area (Å²) < 4.78 is 0. The summed E-state index contributed by atoms with van der Waals surface area (Å²) in [5, 5.41) is 0. The first-order valence-corrected chi connectivity index (χ1v) is 4.57. The Hall–Kier alpha value is -2.16. The Morgan fingerprint density at radius 2 is 1.87 bits per heavy atom. The highest BCUT2D eigenvalue weighted by molar-refractivity contribution is 5.90. The minimum Gasteiger partial charge on any atom is -0.398 e. The zero-order valence-electron chi connectivity index (χ0n) is 8.05. The molecular formula is C12H10N2O. The van der Waals surface area contributed by atoms with Crippen LogP contribution in [0, 0.1) is 0 Å². The van der Waals surface area contributed by atoms with E-state index in [2.05, 4.69) is 4.98 Å². The van der Waals surface area contributed by atoms with E-state index in [9.17, 15) is 4.79 Å². The van der Waals surface area contributed by atoms with Crippen LogP contribution in [-0.2, 0) is 0 Å². The lowest BCUT2D eigenvalue weighted by atomic mass is 10.0. The summed E-state index contributed by atoms with van der Waals surface area (Å²) >= 11 is 0. The molecule has 0 aliphatic heterocycles. The van der Waals surface area contributed by atoms with E-state index in [0.29, 0.717) is 11.3 Å². The van der Waals surface area contributed by atoms with Gasteiger partial charge in [-0.05, 0) is 5.56 Å². The molecule has 1 aromatic carbocycles. The Bertz CT molecular complexity index is 480. The summed E-state index contributed by atoms with van der Waals surface area (Å²) in [5.74, 6) is 0. The number of anilines is 1. The van der Waals surface area contributed by atoms with Crippen LogP contribution in [-0.4, -0.2) is 11.3 Å². The summed E-state index contributed by atoms with van der Waals surface area (Å²) in [7, 11) is 0. The molecule has 2 aromatic rings. The Morgan fingerprint density at radius 1 is 1.13 bits per heavy atom. The highest BCUT2D eigenvalue weighted by Crippen LogP contribution is 2.26. The molecule has 0 bridgehead atoms. The Balaban J connectivity index is 2.59. The van der Waals surface area contributed by atoms with Gasteiger partial charge in [-0.1, -0.05) is 30.3 Å². The van der Waals surface area contributed by atoms with Gasteiger partial charge in [0.15, 0.2) is 6.29 Å². The van der Waals surface area contributed by atoms with Crippen molar-refractivity contribution < 1.29 is 4.79 Å². The average molecular weight is 198 g/mol. The van der Waals surface area contributed by atoms with E-state index in [1.54, 1.807) is 6.20 Å². The van der Waals surface area contributed by atoms with Gasteiger partial charge in [0, 0.05) is 18.0 Å². The van der Waals surface area contributed by atoms with E-state index in [4.69, 9.17) is 5.73 Å². The predicted molar refractivity (Wildman–Crippen MR) is 59.5 cm³/mol. The first-order chi connectivity index (χ1) is 7.33. The molecular weight excluding hydrogens is 188 g/mol. The van der Waals surface area contributed by atoms with Gasteiger partial charge in [-0.3, -0.25) is 9.78 Å². The Kier molecular flexibility index (Phi) is 2.46. The van der Waals surface area contributed by atoms with Gasteiger partial charge in [-0.2, -0.15) is 0 Å². The first-order valence-electron chi connectivity index (χ1n) is 4.57. The van der Waals surface area contributed by atoms with Crippen LogP contribution in [0.3, 0.4) is 0 Å². The van der Waals surface area contributed by atoms with Gasteiger partial charge in [0.25, 0.3) is 0 Å². The average Bonchev–Trinajstić information content (AvgIpc) is 2.30. The first kappa shape index (κ1) is 9.40. The molecule has 2 rings (SSSR count). The minimum atomic E-state index is 0.427. The predicted octanol–water partition coefficient (Wildman–Crippen LogP) is 2.14. The number of hydrogen-bond donors (Lipinski definition) is 1. The van der Waals surface area contributed by atoms with Crippen LogP contribution in [0.1, 0.15) is 10.4 Å². The number of pyridine rings is 1. The highest BCUT2D eigenvalue weighted by atomic mass is 16.1. The van der Waals surface area contributed by atoms with Crippen molar-refractivity contribution in [2.75, 3.05) is 5.73 Å². The highest BCUT2D eigenvalue weighted by Gasteiger charge is 2.06. The zero-order chi connectivity index (χ0) is 10.7. The molecule has 2 N–H and O–H groups in total. The van der Waals surface area contributed by atoms with Gasteiger partial charge in [0.2, 0.25) is 0 Å². The summed E-state index contributed by atoms with van der Waals surface area (Å²) in [4.78, 5) is 14.7. The molecule has 1 aromatic heterocycles. The number of nitrogen functional groups attached to an aromatic ring is 1. The van der Waals surface area contributed by atoms with E-state index < -0.39 is 0 Å². The van der Waals surface area contributed by atoms with Crippen molar-refractivity contribution in [1.29, 1.82) is 0 Å². The summed E-state index contributed by atoms with van der Waals surface area (Å²) in [6.45, 7) is 0. The van der Waals surface area contributed by atoms with Crippen molar-refractivity contribution >= 4 is 12.0 Å². The number of nitrogens with two attached hydrogens (primary N) is 1. The summed E-state index contributed by atoms with van der Waals surface area (Å²) in [6, 6.07) is 9.63. The number of benzene rings is 1. The summed E-state index contributed by atoms with van der Waals surface area (Å²) in [6.07, 6.45) is 3.85. The molecule has 3 nitrogen and oxygen atoms in total. The van der Waals surface area contributed by atoms with Crippen molar-refractivity contribution in [2.24, 2.45) is 0 Å². The van der Waals surface area contributed by atoms with Crippen LogP contribution in [0.5, 0.6) is 0 Å². The quantitative estimate of drug-likeness (QED) is 0.752. The smallest absolute Gasteiger partial charge is 0.153 e. The van der Waals surface area contributed by atoms with Crippen LogP contribution in [0.4, 0.5) is 5.69 Å². The third-order valence-electron chi connectivity index (χ3n) is 2.23. The van der Waals surface area contributed by atoms with Crippen molar-refractivity contribution in [3.63, 3.8) is 0 Å². The molecule has 0 aliphatic carbocycles. The van der Waals surface area contributed by atoms with Crippen LogP contribution in [0.25, 0.3) is 11.1 Å². The fraction of sp³-hybridized carbons (Fsp3) is 0. The molecule has 0 spiro atoms. The molecule has 0 aliphatic rings. The van der Waals surface area contributed by atoms with Crippen molar-refractivity contribution in [2.45, 2.75) is 0 Å². The molecule has 0 fully saturated rings. The maximum absolute atomic E-state index is 10.7. The van der Waals surface area contributed by atoms with Crippen molar-refractivity contribution in [1.82, 2.24) is 4.98 Å². The number of aldehydes is 1. The minimum absolute atomic E-state index is 0.427. The standard InChI is InChI=1S/C12H10N2O/c13-12-10(8-15)6-14-7-11(12)9-4-2-1-3-5-9/h1-8H,(H2,13,14). The van der Waals surface area contributed by atoms with Crippen molar-refractivity contribution in [3.05, 3.63) is 48.3 Å². The maximum Gasteiger partial charge on any atom is 0.153 e. The number of hydrogen-bond acceptors (Lipinski definition) is 3. The Labute approximate surface area is 87.6 Å². The third kappa shape index (κ3) is 1.72. The number of rotatable bonds is 2. The van der Waals surface area contributed by atoms with Gasteiger partial charge in [-0.15, -0.1) is 0 Å². The molecule has 3 heteroatoms. The SMILES string of the molecule is Nc1c(C=O)cncc1-c1ccccc1. The van der Waals surface area contributed by atoms with E-state index in [1.807, 2.05) is 30.3 Å². The number of aromatic nitrogens is 1. The van der Waals surface area contributed by atoms with Gasteiger partial charge in [-0.25, -0.2) is 0 Å². The van der Waals surface area contributed by atoms with Crippen LogP contribution in [0.15, 0.2) is 42.7 Å². The van der Waals surface area contributed by atoms with E-state index in [1.165, 1.54) is 6.20 Å². The van der Waals surface area contributed by atoms with Gasteiger partial charge in [0.1, 0.15) is 0 Å². The fourth-order valence-corrected chi connectivity index (χ4v) is 1.43. The van der Waals surface area contributed by atoms with Crippen LogP contribution < -0.4 is 5.73 Å². The molecule has 0 unspecified atom stereocenters. The molecule has 0 amide bonds. The number of carbonyl (C=O) groups excluding carboxylic acids is 1. The normalized spacial score (nSPS) is 9.87. The maximum atomic E-state index is 10.7. The molecule has 0 radical (unpaired) electrons. The van der Waals surface area contributed by atoms with Gasteiger partial charge < -0.3 is 5.73 Å². The monoisotopic (exact) mass is 198 g/mol. The lowest BCUT2D eigenvalue weighted by Crippen LogP contribution is -1.97. The van der Waals surface area contributed by atoms with Crippen LogP contribution >= 0.6 is 0 Å². The van der Waals surface area contributed by atoms with E-state index in [0.717, 1.165) is 17.4 Å². The molecule has 15 heavy (non-hydrogen) atoms. The molecule has 0 saturated heterocycles. The van der Waals surface area contributed by atoms with Crippen molar-refractivity contribution in [3.8, 4) is 11.1 Å². The number of carbonyl (C=O) groups is 1. The molecule has 0 atom stereocenters. The van der Waals surface area contributed by atoms with Crippen LogP contribution in [0.2, 0.25) is 0 Å². The fourth-order valence-electron chi connectivity index (χ4n) is 1.43. The Morgan fingerprint density at radius 3 is 2.53 bits per heavy atom. The second-order valence-corrected chi connectivity index (χ2v) is 3.17. The second kappa shape index (κ2) is 3.92. The van der Waals surface area contributed by atoms with Gasteiger partial charge in [0.05, 0.1) is 11.3 Å².